The minimum absolute atomic E-state index is 0. The van der Waals surface area contributed by atoms with E-state index in [0.717, 1.165) is 61.2 Å². The van der Waals surface area contributed by atoms with Gasteiger partial charge in [0, 0.05) is 11.1 Å². The molecule has 0 radical (unpaired) electrons. The number of benzene rings is 4. The first kappa shape index (κ1) is 26.7. The molecular weight excluding hydrogens is 423 g/mol. The summed E-state index contributed by atoms with van der Waals surface area (Å²) in [5, 5.41) is 25.7. The zero-order chi connectivity index (χ0) is 24.9. The van der Waals surface area contributed by atoms with Gasteiger partial charge in [-0.3, -0.25) is 0 Å². The SMILES string of the molecule is Cc1cc(C)cc(-c2cc(C)c(C)c(-c3c(C)c(C)cc(-c4cc(C)cc(C)c4)c3O)c2[O-])c1.[Li+]. The second-order valence-electron chi connectivity index (χ2n) is 9.91. The van der Waals surface area contributed by atoms with Crippen LogP contribution in [0.1, 0.15) is 44.5 Å². The van der Waals surface area contributed by atoms with Crippen molar-refractivity contribution < 1.29 is 29.1 Å². The molecule has 0 bridgehead atoms. The molecule has 4 aromatic carbocycles. The van der Waals surface area contributed by atoms with Gasteiger partial charge in [0.25, 0.3) is 0 Å². The van der Waals surface area contributed by atoms with E-state index in [1.165, 1.54) is 0 Å². The van der Waals surface area contributed by atoms with E-state index in [0.29, 0.717) is 16.7 Å². The molecule has 0 aromatic heterocycles. The molecule has 0 aliphatic rings. The Morgan fingerprint density at radius 2 is 0.886 bits per heavy atom. The zero-order valence-electron chi connectivity index (χ0n) is 22.5. The summed E-state index contributed by atoms with van der Waals surface area (Å²) in [6, 6.07) is 16.6. The van der Waals surface area contributed by atoms with Gasteiger partial charge in [0.15, 0.2) is 0 Å². The van der Waals surface area contributed by atoms with E-state index in [4.69, 9.17) is 0 Å². The van der Waals surface area contributed by atoms with Crippen LogP contribution in [0.15, 0.2) is 48.5 Å². The minimum Gasteiger partial charge on any atom is -0.872 e. The maximum absolute atomic E-state index is 14.0. The molecule has 3 heteroatoms. The first-order valence-corrected chi connectivity index (χ1v) is 11.8. The Hall–Kier alpha value is -2.92. The molecule has 0 unspecified atom stereocenters. The van der Waals surface area contributed by atoms with Crippen LogP contribution in [0.25, 0.3) is 33.4 Å². The Morgan fingerprint density at radius 3 is 1.34 bits per heavy atom. The van der Waals surface area contributed by atoms with E-state index in [-0.39, 0.29) is 30.4 Å². The van der Waals surface area contributed by atoms with Gasteiger partial charge in [-0.1, -0.05) is 70.5 Å². The third-order valence-corrected chi connectivity index (χ3v) is 6.93. The van der Waals surface area contributed by atoms with E-state index < -0.39 is 0 Å². The summed E-state index contributed by atoms with van der Waals surface area (Å²) in [7, 11) is 0. The largest absolute Gasteiger partial charge is 1.00 e. The molecule has 0 aliphatic heterocycles. The Kier molecular flexibility index (Phi) is 7.61. The summed E-state index contributed by atoms with van der Waals surface area (Å²) in [5.41, 5.74) is 13.0. The van der Waals surface area contributed by atoms with E-state index in [9.17, 15) is 10.2 Å². The number of hydrogen-bond donors (Lipinski definition) is 1. The molecule has 4 aromatic rings. The van der Waals surface area contributed by atoms with Crippen LogP contribution in [0.5, 0.6) is 11.5 Å². The maximum atomic E-state index is 14.0. The van der Waals surface area contributed by atoms with Crippen molar-refractivity contribution in [3.05, 3.63) is 93.0 Å². The maximum Gasteiger partial charge on any atom is 1.00 e. The van der Waals surface area contributed by atoms with Crippen molar-refractivity contribution in [3.63, 3.8) is 0 Å². The Balaban J connectivity index is 0.00000342. The van der Waals surface area contributed by atoms with Crippen LogP contribution >= 0.6 is 0 Å². The van der Waals surface area contributed by atoms with Gasteiger partial charge >= 0.3 is 18.9 Å². The molecule has 2 nitrogen and oxygen atoms in total. The Morgan fingerprint density at radius 1 is 0.514 bits per heavy atom. The molecule has 0 saturated carbocycles. The summed E-state index contributed by atoms with van der Waals surface area (Å²) in [4.78, 5) is 0. The van der Waals surface area contributed by atoms with Gasteiger partial charge in [-0.15, -0.1) is 0 Å². The first-order chi connectivity index (χ1) is 16.0. The van der Waals surface area contributed by atoms with Crippen LogP contribution in [0.3, 0.4) is 0 Å². The normalized spacial score (nSPS) is 10.9. The molecule has 4 rings (SSSR count). The quantitative estimate of drug-likeness (QED) is 0.444. The summed E-state index contributed by atoms with van der Waals surface area (Å²) < 4.78 is 0. The number of phenolic OH excluding ortho intramolecular Hbond substituents is 1. The molecule has 0 aliphatic carbocycles. The first-order valence-electron chi connectivity index (χ1n) is 11.8. The van der Waals surface area contributed by atoms with Gasteiger partial charge in [0.2, 0.25) is 0 Å². The molecule has 174 valence electrons. The van der Waals surface area contributed by atoms with Gasteiger partial charge in [-0.05, 0) is 106 Å². The monoisotopic (exact) mass is 456 g/mol. The summed E-state index contributed by atoms with van der Waals surface area (Å²) in [6.45, 7) is 16.3. The second-order valence-corrected chi connectivity index (χ2v) is 9.91. The summed E-state index contributed by atoms with van der Waals surface area (Å²) in [6.07, 6.45) is 0. The number of phenols is 1. The van der Waals surface area contributed by atoms with E-state index in [1.807, 2.05) is 39.8 Å². The van der Waals surface area contributed by atoms with Gasteiger partial charge in [-0.25, -0.2) is 0 Å². The predicted molar refractivity (Wildman–Crippen MR) is 142 cm³/mol. The van der Waals surface area contributed by atoms with Gasteiger partial charge in [-0.2, -0.15) is 0 Å². The molecule has 0 amide bonds. The second kappa shape index (κ2) is 9.98. The van der Waals surface area contributed by atoms with Crippen LogP contribution in [0.2, 0.25) is 0 Å². The fourth-order valence-electron chi connectivity index (χ4n) is 5.10. The zero-order valence-corrected chi connectivity index (χ0v) is 22.5. The standard InChI is InChI=1S/C32H34O2.Li/c1-17-9-18(2)12-25(11-17)27-15-21(5)23(7)29(31(27)33)30-24(8)22(6)16-28(32(30)34)26-13-19(3)10-20(4)14-26;/h9-16,33-34H,1-8H3;/q;+1/p-1. The van der Waals surface area contributed by atoms with Crippen molar-refractivity contribution in [2.75, 3.05) is 0 Å². The Labute approximate surface area is 221 Å². The molecule has 0 spiro atoms. The van der Waals surface area contributed by atoms with Crippen LogP contribution in [0, 0.1) is 55.4 Å². The third-order valence-electron chi connectivity index (χ3n) is 6.93. The number of aromatic hydroxyl groups is 1. The molecule has 0 heterocycles. The number of hydrogen-bond acceptors (Lipinski definition) is 2. The van der Waals surface area contributed by atoms with Crippen molar-refractivity contribution in [1.29, 1.82) is 0 Å². The molecule has 0 fully saturated rings. The van der Waals surface area contributed by atoms with Crippen LogP contribution in [-0.4, -0.2) is 5.11 Å². The van der Waals surface area contributed by atoms with Crippen LogP contribution < -0.4 is 24.0 Å². The molecular formula is C32H33LiO2. The average Bonchev–Trinajstić information content (AvgIpc) is 2.74. The van der Waals surface area contributed by atoms with Crippen molar-refractivity contribution in [2.24, 2.45) is 0 Å². The van der Waals surface area contributed by atoms with E-state index >= 15 is 0 Å². The number of aryl methyl sites for hydroxylation is 6. The average molecular weight is 457 g/mol. The molecule has 0 saturated heterocycles. The fourth-order valence-corrected chi connectivity index (χ4v) is 5.10. The Bertz CT molecular complexity index is 1300. The van der Waals surface area contributed by atoms with Gasteiger partial charge in [0.1, 0.15) is 5.75 Å². The predicted octanol–water partition coefficient (Wildman–Crippen LogP) is 4.94. The van der Waals surface area contributed by atoms with Gasteiger partial charge < -0.3 is 10.2 Å². The minimum atomic E-state index is -0.0385. The smallest absolute Gasteiger partial charge is 0.872 e. The van der Waals surface area contributed by atoms with Crippen molar-refractivity contribution in [3.8, 4) is 44.9 Å². The molecule has 0 atom stereocenters. The van der Waals surface area contributed by atoms with Crippen LogP contribution in [0.4, 0.5) is 0 Å². The molecule has 35 heavy (non-hydrogen) atoms. The number of rotatable bonds is 3. The fraction of sp³-hybridized carbons (Fsp3) is 0.250. The van der Waals surface area contributed by atoms with Crippen molar-refractivity contribution in [1.82, 2.24) is 0 Å². The summed E-state index contributed by atoms with van der Waals surface area (Å²) >= 11 is 0. The van der Waals surface area contributed by atoms with E-state index in [1.54, 1.807) is 0 Å². The topological polar surface area (TPSA) is 43.3 Å². The van der Waals surface area contributed by atoms with Gasteiger partial charge in [0.05, 0.1) is 0 Å². The van der Waals surface area contributed by atoms with E-state index in [2.05, 4.69) is 64.1 Å². The molecule has 1 N–H and O–H groups in total. The summed E-state index contributed by atoms with van der Waals surface area (Å²) in [5.74, 6) is 0.133. The third kappa shape index (κ3) is 4.92. The van der Waals surface area contributed by atoms with Crippen molar-refractivity contribution >= 4 is 0 Å². The van der Waals surface area contributed by atoms with Crippen molar-refractivity contribution in [2.45, 2.75) is 55.4 Å². The van der Waals surface area contributed by atoms with Crippen LogP contribution in [-0.2, 0) is 0 Å².